The number of nitrogens with zero attached hydrogens (tertiary/aromatic N) is 1. The van der Waals surface area contributed by atoms with Crippen LogP contribution in [0.5, 0.6) is 5.75 Å². The van der Waals surface area contributed by atoms with Crippen molar-refractivity contribution in [3.63, 3.8) is 0 Å². The average molecular weight is 347 g/mol. The maximum absolute atomic E-state index is 11.5. The zero-order valence-electron chi connectivity index (χ0n) is 14.3. The maximum atomic E-state index is 11.5. The Bertz CT molecular complexity index is 606. The molecule has 1 N–H and O–H groups in total. The van der Waals surface area contributed by atoms with Gasteiger partial charge in [-0.1, -0.05) is 32.0 Å². The average Bonchev–Trinajstić information content (AvgIpc) is 3.11. The van der Waals surface area contributed by atoms with Crippen molar-refractivity contribution in [1.82, 2.24) is 4.90 Å². The van der Waals surface area contributed by atoms with Crippen molar-refractivity contribution in [2.45, 2.75) is 26.2 Å². The molecule has 4 nitrogen and oxygen atoms in total. The van der Waals surface area contributed by atoms with Crippen LogP contribution in [0.2, 0.25) is 0 Å². The fraction of sp³-hybridized carbons (Fsp3) is 0.421. The molecule has 0 aliphatic rings. The molecule has 0 saturated heterocycles. The summed E-state index contributed by atoms with van der Waals surface area (Å²) in [5, 5.41) is 11.4. The Kier molecular flexibility index (Phi) is 7.28. The third-order valence-corrected chi connectivity index (χ3v) is 5.10. The van der Waals surface area contributed by atoms with Gasteiger partial charge in [-0.15, -0.1) is 11.3 Å². The van der Waals surface area contributed by atoms with Crippen molar-refractivity contribution < 1.29 is 14.6 Å². The summed E-state index contributed by atoms with van der Waals surface area (Å²) < 4.78 is 5.76. The minimum atomic E-state index is -0.781. The number of ether oxygens (including phenoxy) is 1. The summed E-state index contributed by atoms with van der Waals surface area (Å²) in [5.41, 5.74) is 1.01. The summed E-state index contributed by atoms with van der Waals surface area (Å²) in [6.07, 6.45) is 0.496. The molecule has 1 aromatic carbocycles. The van der Waals surface area contributed by atoms with Gasteiger partial charge < -0.3 is 14.7 Å². The molecule has 5 heteroatoms. The van der Waals surface area contributed by atoms with Crippen LogP contribution in [0.4, 0.5) is 0 Å². The maximum Gasteiger partial charge on any atom is 0.312 e. The van der Waals surface area contributed by atoms with Gasteiger partial charge in [0.05, 0.1) is 5.92 Å². The summed E-state index contributed by atoms with van der Waals surface area (Å²) >= 11 is 1.49. The van der Waals surface area contributed by atoms with E-state index in [2.05, 4.69) is 18.7 Å². The summed E-state index contributed by atoms with van der Waals surface area (Å²) in [6, 6.07) is 11.5. The second-order valence-corrected chi connectivity index (χ2v) is 6.61. The zero-order valence-corrected chi connectivity index (χ0v) is 15.1. The van der Waals surface area contributed by atoms with Gasteiger partial charge in [0.2, 0.25) is 0 Å². The largest absolute Gasteiger partial charge is 0.492 e. The minimum absolute atomic E-state index is 0.487. The molecule has 0 amide bonds. The zero-order chi connectivity index (χ0) is 17.4. The molecular formula is C19H25NO3S. The van der Waals surface area contributed by atoms with Gasteiger partial charge in [-0.05, 0) is 48.7 Å². The second-order valence-electron chi connectivity index (χ2n) is 5.63. The van der Waals surface area contributed by atoms with Gasteiger partial charge in [0.15, 0.2) is 0 Å². The number of aliphatic carboxylic acids is 1. The van der Waals surface area contributed by atoms with Crippen LogP contribution < -0.4 is 4.74 Å². The van der Waals surface area contributed by atoms with Gasteiger partial charge in [0.25, 0.3) is 0 Å². The lowest BCUT2D eigenvalue weighted by molar-refractivity contribution is -0.138. The van der Waals surface area contributed by atoms with Crippen LogP contribution in [0.1, 0.15) is 30.2 Å². The van der Waals surface area contributed by atoms with E-state index in [-0.39, 0.29) is 0 Å². The second kappa shape index (κ2) is 9.45. The topological polar surface area (TPSA) is 49.8 Å². The van der Waals surface area contributed by atoms with Gasteiger partial charge >= 0.3 is 5.97 Å². The molecule has 0 saturated carbocycles. The molecule has 0 fully saturated rings. The molecule has 0 radical (unpaired) electrons. The smallest absolute Gasteiger partial charge is 0.312 e. The van der Waals surface area contributed by atoms with E-state index in [1.54, 1.807) is 0 Å². The first-order chi connectivity index (χ1) is 11.6. The number of likely N-dealkylation sites (N-methyl/N-ethyl adjacent to an activating group) is 1. The number of carbonyl (C=O) groups is 1. The fourth-order valence-electron chi connectivity index (χ4n) is 2.59. The van der Waals surface area contributed by atoms with E-state index >= 15 is 0 Å². The van der Waals surface area contributed by atoms with Crippen molar-refractivity contribution in [2.24, 2.45) is 0 Å². The molecule has 1 unspecified atom stereocenters. The Balaban J connectivity index is 1.90. The van der Waals surface area contributed by atoms with Crippen molar-refractivity contribution >= 4 is 17.3 Å². The molecule has 2 rings (SSSR count). The monoisotopic (exact) mass is 347 g/mol. The number of carboxylic acid groups (broad SMARTS) is 1. The quantitative estimate of drug-likeness (QED) is 0.709. The third kappa shape index (κ3) is 5.35. The van der Waals surface area contributed by atoms with Crippen molar-refractivity contribution in [2.75, 3.05) is 26.2 Å². The minimum Gasteiger partial charge on any atom is -0.492 e. The van der Waals surface area contributed by atoms with Crippen LogP contribution in [0.3, 0.4) is 0 Å². The lowest BCUT2D eigenvalue weighted by atomic mass is 9.98. The Morgan fingerprint density at radius 3 is 2.46 bits per heavy atom. The van der Waals surface area contributed by atoms with Gasteiger partial charge in [-0.25, -0.2) is 0 Å². The molecule has 130 valence electrons. The number of benzene rings is 1. The molecule has 1 aromatic heterocycles. The first kappa shape index (κ1) is 18.5. The predicted molar refractivity (Wildman–Crippen MR) is 98.1 cm³/mol. The number of carboxylic acids is 1. The molecular weight excluding hydrogens is 322 g/mol. The number of thiophene rings is 1. The molecule has 24 heavy (non-hydrogen) atoms. The Hall–Kier alpha value is -1.85. The Morgan fingerprint density at radius 2 is 1.92 bits per heavy atom. The lowest BCUT2D eigenvalue weighted by Gasteiger charge is -2.18. The first-order valence-electron chi connectivity index (χ1n) is 8.34. The summed E-state index contributed by atoms with van der Waals surface area (Å²) in [7, 11) is 0. The molecule has 0 spiro atoms. The first-order valence-corrected chi connectivity index (χ1v) is 9.22. The van der Waals surface area contributed by atoms with Gasteiger partial charge in [0.1, 0.15) is 12.4 Å². The predicted octanol–water partition coefficient (Wildman–Crippen LogP) is 3.88. The van der Waals surface area contributed by atoms with Crippen LogP contribution >= 0.6 is 11.3 Å². The number of hydrogen-bond donors (Lipinski definition) is 1. The number of rotatable bonds is 10. The van der Waals surface area contributed by atoms with E-state index in [1.165, 1.54) is 11.3 Å². The summed E-state index contributed by atoms with van der Waals surface area (Å²) in [4.78, 5) is 14.7. The standard InChI is InChI=1S/C19H25NO3S/c1-3-20(4-2)11-12-23-16-9-7-15(8-10-16)14-17(19(21)22)18-6-5-13-24-18/h5-10,13,17H,3-4,11-12,14H2,1-2H3,(H,21,22). The SMILES string of the molecule is CCN(CC)CCOc1ccc(CC(C(=O)O)c2cccs2)cc1. The summed E-state index contributed by atoms with van der Waals surface area (Å²) in [6.45, 7) is 7.91. The van der Waals surface area contributed by atoms with Gasteiger partial charge in [-0.2, -0.15) is 0 Å². The Labute approximate surface area is 147 Å². The molecule has 0 bridgehead atoms. The van der Waals surface area contributed by atoms with Crippen LogP contribution in [0, 0.1) is 0 Å². The molecule has 2 aromatic rings. The highest BCUT2D eigenvalue weighted by Crippen LogP contribution is 2.26. The lowest BCUT2D eigenvalue weighted by Crippen LogP contribution is -2.27. The highest BCUT2D eigenvalue weighted by atomic mass is 32.1. The van der Waals surface area contributed by atoms with Crippen LogP contribution in [-0.4, -0.2) is 42.2 Å². The van der Waals surface area contributed by atoms with E-state index in [0.717, 1.165) is 35.8 Å². The van der Waals surface area contributed by atoms with E-state index in [9.17, 15) is 9.90 Å². The van der Waals surface area contributed by atoms with Crippen LogP contribution in [0.15, 0.2) is 41.8 Å². The van der Waals surface area contributed by atoms with Crippen molar-refractivity contribution in [3.05, 3.63) is 52.2 Å². The number of hydrogen-bond acceptors (Lipinski definition) is 4. The molecule has 1 atom stereocenters. The highest BCUT2D eigenvalue weighted by Gasteiger charge is 2.21. The van der Waals surface area contributed by atoms with E-state index < -0.39 is 11.9 Å². The van der Waals surface area contributed by atoms with E-state index in [1.807, 2.05) is 41.8 Å². The van der Waals surface area contributed by atoms with Crippen molar-refractivity contribution in [3.8, 4) is 5.75 Å². The van der Waals surface area contributed by atoms with Crippen molar-refractivity contribution in [1.29, 1.82) is 0 Å². The highest BCUT2D eigenvalue weighted by molar-refractivity contribution is 7.10. The third-order valence-electron chi connectivity index (χ3n) is 4.12. The van der Waals surface area contributed by atoms with Gasteiger partial charge in [-0.3, -0.25) is 4.79 Å². The normalized spacial score (nSPS) is 12.3. The molecule has 0 aliphatic heterocycles. The van der Waals surface area contributed by atoms with Crippen LogP contribution in [0.25, 0.3) is 0 Å². The molecule has 0 aliphatic carbocycles. The Morgan fingerprint density at radius 1 is 1.21 bits per heavy atom. The fourth-order valence-corrected chi connectivity index (χ4v) is 3.41. The summed E-state index contributed by atoms with van der Waals surface area (Å²) in [5.74, 6) is -0.440. The van der Waals surface area contributed by atoms with Gasteiger partial charge in [0, 0.05) is 11.4 Å². The van der Waals surface area contributed by atoms with Crippen LogP contribution in [-0.2, 0) is 11.2 Å². The van der Waals surface area contributed by atoms with E-state index in [0.29, 0.717) is 13.0 Å². The van der Waals surface area contributed by atoms with E-state index in [4.69, 9.17) is 4.74 Å². The molecule has 1 heterocycles.